The summed E-state index contributed by atoms with van der Waals surface area (Å²) in [6.07, 6.45) is 5.14. The van der Waals surface area contributed by atoms with E-state index < -0.39 is 5.97 Å². The van der Waals surface area contributed by atoms with Crippen LogP contribution in [0.15, 0.2) is 6.33 Å². The predicted molar refractivity (Wildman–Crippen MR) is 85.7 cm³/mol. The summed E-state index contributed by atoms with van der Waals surface area (Å²) < 4.78 is 6.22. The van der Waals surface area contributed by atoms with Gasteiger partial charge in [-0.2, -0.15) is 5.26 Å². The number of hydrogen-bond donors (Lipinski definition) is 1. The predicted octanol–water partition coefficient (Wildman–Crippen LogP) is 1.52. The minimum atomic E-state index is -0.438. The van der Waals surface area contributed by atoms with Gasteiger partial charge in [0.2, 0.25) is 11.7 Å². The van der Waals surface area contributed by atoms with E-state index in [0.29, 0.717) is 10.6 Å². The van der Waals surface area contributed by atoms with Crippen molar-refractivity contribution < 1.29 is 14.3 Å². The van der Waals surface area contributed by atoms with Crippen LogP contribution in [0.25, 0.3) is 0 Å². The summed E-state index contributed by atoms with van der Waals surface area (Å²) in [7, 11) is 1.33. The lowest BCUT2D eigenvalue weighted by molar-refractivity contribution is -0.116. The smallest absolute Gasteiger partial charge is 0.341 e. The highest BCUT2D eigenvalue weighted by Gasteiger charge is 2.27. The summed E-state index contributed by atoms with van der Waals surface area (Å²) in [5.41, 5.74) is 1.44. The Kier molecular flexibility index (Phi) is 4.57. The van der Waals surface area contributed by atoms with E-state index in [1.807, 2.05) is 6.07 Å². The van der Waals surface area contributed by atoms with Gasteiger partial charge in [-0.25, -0.2) is 4.79 Å². The fourth-order valence-electron chi connectivity index (χ4n) is 2.75. The summed E-state index contributed by atoms with van der Waals surface area (Å²) in [6.45, 7) is -0.0981. The molecule has 0 bridgehead atoms. The Hall–Kier alpha value is -2.73. The Morgan fingerprint density at radius 3 is 3.00 bits per heavy atom. The van der Waals surface area contributed by atoms with Crippen molar-refractivity contribution in [2.45, 2.75) is 32.2 Å². The highest BCUT2D eigenvalue weighted by molar-refractivity contribution is 7.17. The molecule has 0 radical (unpaired) electrons. The third kappa shape index (κ3) is 3.00. The van der Waals surface area contributed by atoms with E-state index in [9.17, 15) is 9.59 Å². The van der Waals surface area contributed by atoms with Crippen LogP contribution in [0.3, 0.4) is 0 Å². The average molecular weight is 345 g/mol. The number of thiophene rings is 1. The molecule has 0 aromatic carbocycles. The number of nitrogens with one attached hydrogen (secondary N) is 1. The zero-order chi connectivity index (χ0) is 17.1. The molecule has 0 saturated carbocycles. The molecule has 124 valence electrons. The van der Waals surface area contributed by atoms with E-state index in [1.165, 1.54) is 29.3 Å². The molecule has 8 nitrogen and oxygen atoms in total. The van der Waals surface area contributed by atoms with Gasteiger partial charge in [-0.05, 0) is 31.2 Å². The fourth-order valence-corrected chi connectivity index (χ4v) is 4.04. The van der Waals surface area contributed by atoms with E-state index in [-0.39, 0.29) is 18.3 Å². The van der Waals surface area contributed by atoms with Crippen molar-refractivity contribution in [1.82, 2.24) is 14.8 Å². The number of aryl methyl sites for hydroxylation is 1. The standard InChI is InChI=1S/C15H15N5O3S/c1-23-15(22)13-9-4-2-3-5-10(9)24-14(13)18-12(21)7-20-8-17-19-11(20)6-16/h8H,2-5,7H2,1H3,(H,18,21). The number of anilines is 1. The van der Waals surface area contributed by atoms with Crippen LogP contribution in [0, 0.1) is 11.3 Å². The first-order chi connectivity index (χ1) is 11.6. The lowest BCUT2D eigenvalue weighted by Gasteiger charge is -2.11. The maximum absolute atomic E-state index is 12.3. The number of methoxy groups -OCH3 is 1. The number of rotatable bonds is 4. The second-order valence-corrected chi connectivity index (χ2v) is 6.45. The van der Waals surface area contributed by atoms with Gasteiger partial charge in [0, 0.05) is 4.88 Å². The lowest BCUT2D eigenvalue weighted by atomic mass is 9.95. The molecule has 1 amide bonds. The Bertz CT molecular complexity index is 833. The first kappa shape index (κ1) is 16.1. The number of esters is 1. The van der Waals surface area contributed by atoms with E-state index in [1.54, 1.807) is 0 Å². The van der Waals surface area contributed by atoms with Gasteiger partial charge >= 0.3 is 5.97 Å². The molecule has 0 aliphatic heterocycles. The van der Waals surface area contributed by atoms with Crippen LogP contribution in [-0.2, 0) is 28.9 Å². The van der Waals surface area contributed by atoms with Gasteiger partial charge in [0.1, 0.15) is 23.9 Å². The zero-order valence-electron chi connectivity index (χ0n) is 13.0. The molecule has 0 unspecified atom stereocenters. The van der Waals surface area contributed by atoms with Gasteiger partial charge in [0.05, 0.1) is 12.7 Å². The van der Waals surface area contributed by atoms with Crippen molar-refractivity contribution in [3.63, 3.8) is 0 Å². The third-order valence-corrected chi connectivity index (χ3v) is 5.05. The summed E-state index contributed by atoms with van der Waals surface area (Å²) >= 11 is 1.42. The molecule has 1 aliphatic carbocycles. The van der Waals surface area contributed by atoms with Gasteiger partial charge in [-0.1, -0.05) is 0 Å². The molecule has 2 aromatic heterocycles. The Morgan fingerprint density at radius 1 is 1.46 bits per heavy atom. The van der Waals surface area contributed by atoms with Crippen LogP contribution in [0.4, 0.5) is 5.00 Å². The van der Waals surface area contributed by atoms with Crippen molar-refractivity contribution >= 4 is 28.2 Å². The number of amides is 1. The minimum Gasteiger partial charge on any atom is -0.465 e. The van der Waals surface area contributed by atoms with Crippen molar-refractivity contribution in [2.24, 2.45) is 0 Å². The molecule has 1 N–H and O–H groups in total. The monoisotopic (exact) mass is 345 g/mol. The number of nitrogens with zero attached hydrogens (tertiary/aromatic N) is 4. The van der Waals surface area contributed by atoms with Crippen molar-refractivity contribution in [1.29, 1.82) is 5.26 Å². The molecule has 24 heavy (non-hydrogen) atoms. The van der Waals surface area contributed by atoms with Crippen molar-refractivity contribution in [2.75, 3.05) is 12.4 Å². The van der Waals surface area contributed by atoms with Crippen LogP contribution in [0.2, 0.25) is 0 Å². The van der Waals surface area contributed by atoms with E-state index in [0.717, 1.165) is 36.1 Å². The number of ether oxygens (including phenoxy) is 1. The molecule has 0 fully saturated rings. The topological polar surface area (TPSA) is 110 Å². The molecular formula is C15H15N5O3S. The van der Waals surface area contributed by atoms with Crippen LogP contribution < -0.4 is 5.32 Å². The quantitative estimate of drug-likeness (QED) is 0.841. The maximum Gasteiger partial charge on any atom is 0.341 e. The highest BCUT2D eigenvalue weighted by Crippen LogP contribution is 2.38. The molecule has 9 heteroatoms. The second kappa shape index (κ2) is 6.80. The maximum atomic E-state index is 12.3. The fraction of sp³-hybridized carbons (Fsp3) is 0.400. The minimum absolute atomic E-state index is 0.0591. The number of carbonyl (C=O) groups is 2. The van der Waals surface area contributed by atoms with E-state index in [4.69, 9.17) is 10.00 Å². The summed E-state index contributed by atoms with van der Waals surface area (Å²) in [5, 5.41) is 19.4. The molecule has 2 aromatic rings. The number of aromatic nitrogens is 3. The van der Waals surface area contributed by atoms with Crippen LogP contribution in [-0.4, -0.2) is 33.8 Å². The number of hydrogen-bond acceptors (Lipinski definition) is 7. The normalized spacial score (nSPS) is 13.0. The first-order valence-corrected chi connectivity index (χ1v) is 8.26. The van der Waals surface area contributed by atoms with E-state index in [2.05, 4.69) is 15.5 Å². The first-order valence-electron chi connectivity index (χ1n) is 7.44. The molecule has 3 rings (SSSR count). The largest absolute Gasteiger partial charge is 0.465 e. The Balaban J connectivity index is 1.84. The number of carbonyl (C=O) groups excluding carboxylic acids is 2. The average Bonchev–Trinajstić information content (AvgIpc) is 3.17. The third-order valence-electron chi connectivity index (χ3n) is 3.84. The molecule has 1 aliphatic rings. The molecular weight excluding hydrogens is 330 g/mol. The summed E-state index contributed by atoms with van der Waals surface area (Å²) in [6, 6.07) is 1.86. The van der Waals surface area contributed by atoms with Gasteiger partial charge in [-0.3, -0.25) is 9.36 Å². The zero-order valence-corrected chi connectivity index (χ0v) is 13.9. The van der Waals surface area contributed by atoms with E-state index >= 15 is 0 Å². The molecule has 0 atom stereocenters. The van der Waals surface area contributed by atoms with Crippen LogP contribution >= 0.6 is 11.3 Å². The lowest BCUT2D eigenvalue weighted by Crippen LogP contribution is -2.20. The molecule has 0 saturated heterocycles. The molecule has 2 heterocycles. The van der Waals surface area contributed by atoms with Crippen molar-refractivity contribution in [3.8, 4) is 6.07 Å². The Labute approximate surface area is 142 Å². The number of nitriles is 1. The SMILES string of the molecule is COC(=O)c1c(NC(=O)Cn2cnnc2C#N)sc2c1CCCC2. The van der Waals surface area contributed by atoms with Gasteiger partial charge in [0.25, 0.3) is 0 Å². The highest BCUT2D eigenvalue weighted by atomic mass is 32.1. The Morgan fingerprint density at radius 2 is 2.25 bits per heavy atom. The van der Waals surface area contributed by atoms with Crippen LogP contribution in [0.1, 0.15) is 39.5 Å². The summed E-state index contributed by atoms with van der Waals surface area (Å²) in [4.78, 5) is 25.5. The molecule has 0 spiro atoms. The van der Waals surface area contributed by atoms with Gasteiger partial charge in [-0.15, -0.1) is 21.5 Å². The van der Waals surface area contributed by atoms with Gasteiger partial charge < -0.3 is 10.1 Å². The number of fused-ring (bicyclic) bond motifs is 1. The van der Waals surface area contributed by atoms with Gasteiger partial charge in [0.15, 0.2) is 0 Å². The second-order valence-electron chi connectivity index (χ2n) is 5.35. The summed E-state index contributed by atoms with van der Waals surface area (Å²) in [5.74, 6) is -0.731. The van der Waals surface area contributed by atoms with Crippen molar-refractivity contribution in [3.05, 3.63) is 28.2 Å². The van der Waals surface area contributed by atoms with Crippen LogP contribution in [0.5, 0.6) is 0 Å².